The van der Waals surface area contributed by atoms with Crippen LogP contribution in [-0.4, -0.2) is 24.4 Å². The molecular weight excluding hydrogens is 350 g/mol. The van der Waals surface area contributed by atoms with Gasteiger partial charge in [0.25, 0.3) is 5.91 Å². The molecular formula is C20H24ClN3O2. The summed E-state index contributed by atoms with van der Waals surface area (Å²) in [5.41, 5.74) is 2.87. The lowest BCUT2D eigenvalue weighted by atomic mass is 10.0. The number of rotatable bonds is 4. The standard InChI is InChI=1S/C20H23N3O2.ClH/c1-14-16(22-19(24)15-8-3-2-4-9-15)11-7-12-17(14)23-20(25)18-10-5-6-13-21-18;/h2-4,7-9,11-12,18,21H,5-6,10,13H2,1H3,(H,22,24)(H,23,25);1H. The number of halogens is 1. The minimum atomic E-state index is -0.166. The fourth-order valence-corrected chi connectivity index (χ4v) is 2.99. The van der Waals surface area contributed by atoms with Gasteiger partial charge >= 0.3 is 0 Å². The van der Waals surface area contributed by atoms with Crippen LogP contribution in [0.2, 0.25) is 0 Å². The van der Waals surface area contributed by atoms with E-state index in [9.17, 15) is 9.59 Å². The van der Waals surface area contributed by atoms with Crippen molar-refractivity contribution in [3.8, 4) is 0 Å². The van der Waals surface area contributed by atoms with E-state index in [1.807, 2.05) is 43.3 Å². The molecule has 0 aliphatic carbocycles. The number of carbonyl (C=O) groups excluding carboxylic acids is 2. The highest BCUT2D eigenvalue weighted by Crippen LogP contribution is 2.24. The average molecular weight is 374 g/mol. The number of amides is 2. The fraction of sp³-hybridized carbons (Fsp3) is 0.300. The maximum Gasteiger partial charge on any atom is 0.255 e. The summed E-state index contributed by atoms with van der Waals surface area (Å²) in [6.45, 7) is 2.77. The van der Waals surface area contributed by atoms with Gasteiger partial charge in [-0.3, -0.25) is 9.59 Å². The number of piperidine rings is 1. The highest BCUT2D eigenvalue weighted by Gasteiger charge is 2.21. The Bertz CT molecular complexity index is 759. The molecule has 2 amide bonds. The lowest BCUT2D eigenvalue weighted by molar-refractivity contribution is -0.118. The molecule has 1 unspecified atom stereocenters. The number of benzene rings is 2. The number of anilines is 2. The van der Waals surface area contributed by atoms with Gasteiger partial charge in [-0.05, 0) is 56.1 Å². The van der Waals surface area contributed by atoms with E-state index in [0.717, 1.165) is 37.1 Å². The van der Waals surface area contributed by atoms with Crippen LogP contribution in [0.3, 0.4) is 0 Å². The van der Waals surface area contributed by atoms with Crippen LogP contribution in [0.15, 0.2) is 48.5 Å². The SMILES string of the molecule is Cc1c(NC(=O)c2ccccc2)cccc1NC(=O)C1CCCCN1.Cl. The molecule has 0 bridgehead atoms. The van der Waals surface area contributed by atoms with Crippen molar-refractivity contribution >= 4 is 35.6 Å². The summed E-state index contributed by atoms with van der Waals surface area (Å²) in [5, 5.41) is 9.14. The Balaban J connectivity index is 0.00000243. The number of nitrogens with one attached hydrogen (secondary N) is 3. The summed E-state index contributed by atoms with van der Waals surface area (Å²) in [6, 6.07) is 14.4. The zero-order valence-corrected chi connectivity index (χ0v) is 15.6. The van der Waals surface area contributed by atoms with Crippen LogP contribution in [-0.2, 0) is 4.79 Å². The quantitative estimate of drug-likeness (QED) is 0.764. The maximum atomic E-state index is 12.4. The van der Waals surface area contributed by atoms with Crippen molar-refractivity contribution in [1.82, 2.24) is 5.32 Å². The van der Waals surface area contributed by atoms with Crippen LogP contribution >= 0.6 is 12.4 Å². The molecule has 3 rings (SSSR count). The molecule has 6 heteroatoms. The van der Waals surface area contributed by atoms with E-state index in [2.05, 4.69) is 16.0 Å². The zero-order chi connectivity index (χ0) is 17.6. The molecule has 3 N–H and O–H groups in total. The molecule has 2 aromatic rings. The summed E-state index contributed by atoms with van der Waals surface area (Å²) in [7, 11) is 0. The van der Waals surface area contributed by atoms with Crippen LogP contribution in [0, 0.1) is 6.92 Å². The Morgan fingerprint density at radius 3 is 2.31 bits per heavy atom. The van der Waals surface area contributed by atoms with Crippen LogP contribution in [0.4, 0.5) is 11.4 Å². The third-order valence-electron chi connectivity index (χ3n) is 4.50. The van der Waals surface area contributed by atoms with Crippen molar-refractivity contribution in [1.29, 1.82) is 0 Å². The van der Waals surface area contributed by atoms with E-state index in [1.54, 1.807) is 12.1 Å². The monoisotopic (exact) mass is 373 g/mol. The van der Waals surface area contributed by atoms with Gasteiger partial charge in [0, 0.05) is 16.9 Å². The minimum Gasteiger partial charge on any atom is -0.324 e. The van der Waals surface area contributed by atoms with Crippen LogP contribution < -0.4 is 16.0 Å². The van der Waals surface area contributed by atoms with E-state index in [1.165, 1.54) is 0 Å². The normalized spacial score (nSPS) is 16.3. The Kier molecular flexibility index (Phi) is 7.18. The lowest BCUT2D eigenvalue weighted by Crippen LogP contribution is -2.43. The van der Waals surface area contributed by atoms with Gasteiger partial charge < -0.3 is 16.0 Å². The molecule has 1 aliphatic heterocycles. The van der Waals surface area contributed by atoms with Gasteiger partial charge in [0.05, 0.1) is 6.04 Å². The first-order chi connectivity index (χ1) is 12.1. The molecule has 1 saturated heterocycles. The predicted molar refractivity (Wildman–Crippen MR) is 107 cm³/mol. The average Bonchev–Trinajstić information content (AvgIpc) is 2.66. The zero-order valence-electron chi connectivity index (χ0n) is 14.7. The second-order valence-electron chi connectivity index (χ2n) is 6.29. The van der Waals surface area contributed by atoms with Gasteiger partial charge in [0.2, 0.25) is 5.91 Å². The van der Waals surface area contributed by atoms with Crippen molar-refractivity contribution in [2.75, 3.05) is 17.2 Å². The van der Waals surface area contributed by atoms with Crippen molar-refractivity contribution in [2.24, 2.45) is 0 Å². The van der Waals surface area contributed by atoms with Gasteiger partial charge in [0.1, 0.15) is 0 Å². The summed E-state index contributed by atoms with van der Waals surface area (Å²) in [4.78, 5) is 24.8. The molecule has 5 nitrogen and oxygen atoms in total. The topological polar surface area (TPSA) is 70.2 Å². The Morgan fingerprint density at radius 2 is 1.65 bits per heavy atom. The summed E-state index contributed by atoms with van der Waals surface area (Å²) < 4.78 is 0. The number of carbonyl (C=O) groups is 2. The minimum absolute atomic E-state index is 0. The van der Waals surface area contributed by atoms with Crippen LogP contribution in [0.5, 0.6) is 0 Å². The summed E-state index contributed by atoms with van der Waals surface area (Å²) >= 11 is 0. The van der Waals surface area contributed by atoms with Gasteiger partial charge in [-0.25, -0.2) is 0 Å². The summed E-state index contributed by atoms with van der Waals surface area (Å²) in [6.07, 6.45) is 3.04. The largest absolute Gasteiger partial charge is 0.324 e. The van der Waals surface area contributed by atoms with E-state index >= 15 is 0 Å². The van der Waals surface area contributed by atoms with Gasteiger partial charge in [-0.1, -0.05) is 30.7 Å². The molecule has 1 aliphatic rings. The third-order valence-corrected chi connectivity index (χ3v) is 4.50. The highest BCUT2D eigenvalue weighted by atomic mass is 35.5. The Labute approximate surface area is 160 Å². The summed E-state index contributed by atoms with van der Waals surface area (Å²) in [5.74, 6) is -0.185. The van der Waals surface area contributed by atoms with Crippen molar-refractivity contribution in [2.45, 2.75) is 32.2 Å². The predicted octanol–water partition coefficient (Wildman–Crippen LogP) is 3.75. The molecule has 138 valence electrons. The fourth-order valence-electron chi connectivity index (χ4n) is 2.99. The molecule has 1 atom stereocenters. The van der Waals surface area contributed by atoms with E-state index in [-0.39, 0.29) is 30.3 Å². The molecule has 0 spiro atoms. The molecule has 2 aromatic carbocycles. The van der Waals surface area contributed by atoms with Gasteiger partial charge in [-0.15, -0.1) is 12.4 Å². The van der Waals surface area contributed by atoms with E-state index in [0.29, 0.717) is 11.3 Å². The smallest absolute Gasteiger partial charge is 0.255 e. The van der Waals surface area contributed by atoms with Gasteiger partial charge in [0.15, 0.2) is 0 Å². The van der Waals surface area contributed by atoms with Crippen molar-refractivity contribution < 1.29 is 9.59 Å². The second kappa shape index (κ2) is 9.36. The van der Waals surface area contributed by atoms with E-state index < -0.39 is 0 Å². The maximum absolute atomic E-state index is 12.4. The molecule has 1 fully saturated rings. The first kappa shape index (κ1) is 19.9. The highest BCUT2D eigenvalue weighted by molar-refractivity contribution is 6.05. The Hall–Kier alpha value is -2.37. The van der Waals surface area contributed by atoms with Crippen LogP contribution in [0.25, 0.3) is 0 Å². The molecule has 26 heavy (non-hydrogen) atoms. The Morgan fingerprint density at radius 1 is 0.962 bits per heavy atom. The number of hydrogen-bond donors (Lipinski definition) is 3. The molecule has 0 aromatic heterocycles. The lowest BCUT2D eigenvalue weighted by Gasteiger charge is -2.23. The first-order valence-corrected chi connectivity index (χ1v) is 8.65. The molecule has 0 radical (unpaired) electrons. The molecule has 1 heterocycles. The van der Waals surface area contributed by atoms with Crippen molar-refractivity contribution in [3.63, 3.8) is 0 Å². The third kappa shape index (κ3) is 4.84. The van der Waals surface area contributed by atoms with Crippen molar-refractivity contribution in [3.05, 3.63) is 59.7 Å². The molecule has 0 saturated carbocycles. The second-order valence-corrected chi connectivity index (χ2v) is 6.29. The number of hydrogen-bond acceptors (Lipinski definition) is 3. The first-order valence-electron chi connectivity index (χ1n) is 8.65. The van der Waals surface area contributed by atoms with Crippen LogP contribution in [0.1, 0.15) is 35.2 Å². The van der Waals surface area contributed by atoms with E-state index in [4.69, 9.17) is 0 Å². The van der Waals surface area contributed by atoms with Gasteiger partial charge in [-0.2, -0.15) is 0 Å².